The normalized spacial score (nSPS) is 11.6. The third-order valence-corrected chi connectivity index (χ3v) is 13.1. The van der Waals surface area contributed by atoms with Gasteiger partial charge in [-0.15, -0.1) is 22.7 Å². The molecular weight excluding hydrogens is 703 g/mol. The van der Waals surface area contributed by atoms with Crippen molar-refractivity contribution in [2.45, 2.75) is 0 Å². The molecule has 11 aromatic rings. The molecule has 0 bridgehead atoms. The first kappa shape index (κ1) is 32.0. The van der Waals surface area contributed by atoms with Gasteiger partial charge in [0.25, 0.3) is 0 Å². The summed E-state index contributed by atoms with van der Waals surface area (Å²) in [5.74, 6) is 0. The Kier molecular flexibility index (Phi) is 7.61. The van der Waals surface area contributed by atoms with Crippen molar-refractivity contribution in [1.82, 2.24) is 0 Å². The molecule has 0 fully saturated rings. The first-order valence-corrected chi connectivity index (χ1v) is 20.3. The van der Waals surface area contributed by atoms with Crippen molar-refractivity contribution in [1.29, 1.82) is 0 Å². The standard InChI is InChI=1S/C52H33NS2/c1-2-11-37-32-38(23-22-34(37)10-1)35-24-28-40(29-25-35)53(41-30-26-36(27-31-41)43-16-8-20-49-51(43)45-14-3-5-18-47(45)54-49)42-13-7-12-39(33-42)44-17-9-21-50-52(44)46-15-4-6-19-48(46)55-50/h1-33H. The Balaban J connectivity index is 1.04. The summed E-state index contributed by atoms with van der Waals surface area (Å²) in [6.07, 6.45) is 0. The van der Waals surface area contributed by atoms with Gasteiger partial charge in [0.05, 0.1) is 0 Å². The molecule has 0 amide bonds. The molecular formula is C52H33NS2. The van der Waals surface area contributed by atoms with E-state index in [-0.39, 0.29) is 0 Å². The Hall–Kier alpha value is -6.52. The van der Waals surface area contributed by atoms with Crippen molar-refractivity contribution in [2.75, 3.05) is 4.90 Å². The predicted octanol–water partition coefficient (Wildman–Crippen LogP) is 16.0. The molecule has 0 saturated heterocycles. The molecule has 11 rings (SSSR count). The zero-order valence-corrected chi connectivity index (χ0v) is 31.4. The van der Waals surface area contributed by atoms with Crippen molar-refractivity contribution < 1.29 is 0 Å². The molecule has 0 spiro atoms. The number of fused-ring (bicyclic) bond motifs is 7. The van der Waals surface area contributed by atoms with E-state index in [9.17, 15) is 0 Å². The summed E-state index contributed by atoms with van der Waals surface area (Å²) >= 11 is 3.73. The van der Waals surface area contributed by atoms with E-state index in [1.54, 1.807) is 0 Å². The number of hydrogen-bond acceptors (Lipinski definition) is 3. The van der Waals surface area contributed by atoms with E-state index in [4.69, 9.17) is 0 Å². The summed E-state index contributed by atoms with van der Waals surface area (Å²) in [6, 6.07) is 73.4. The van der Waals surface area contributed by atoms with Crippen molar-refractivity contribution in [3.63, 3.8) is 0 Å². The van der Waals surface area contributed by atoms with Gasteiger partial charge in [-0.25, -0.2) is 0 Å². The maximum Gasteiger partial charge on any atom is 0.0467 e. The second-order valence-electron chi connectivity index (χ2n) is 14.1. The van der Waals surface area contributed by atoms with Crippen molar-refractivity contribution in [3.05, 3.63) is 200 Å². The molecule has 2 heterocycles. The van der Waals surface area contributed by atoms with E-state index < -0.39 is 0 Å². The van der Waals surface area contributed by atoms with Gasteiger partial charge in [0.2, 0.25) is 0 Å². The van der Waals surface area contributed by atoms with E-state index in [0.717, 1.165) is 17.1 Å². The average molecular weight is 736 g/mol. The molecule has 0 unspecified atom stereocenters. The fraction of sp³-hybridized carbons (Fsp3) is 0. The van der Waals surface area contributed by atoms with Crippen LogP contribution in [0.15, 0.2) is 200 Å². The fourth-order valence-corrected chi connectivity index (χ4v) is 10.5. The maximum atomic E-state index is 2.39. The van der Waals surface area contributed by atoms with Crippen molar-refractivity contribution in [3.8, 4) is 33.4 Å². The van der Waals surface area contributed by atoms with Crippen LogP contribution in [0.4, 0.5) is 17.1 Å². The summed E-state index contributed by atoms with van der Waals surface area (Å²) in [7, 11) is 0. The van der Waals surface area contributed by atoms with E-state index in [1.165, 1.54) is 84.5 Å². The molecule has 0 aliphatic rings. The van der Waals surface area contributed by atoms with Crippen molar-refractivity contribution in [2.24, 2.45) is 0 Å². The number of anilines is 3. The van der Waals surface area contributed by atoms with Crippen LogP contribution in [-0.4, -0.2) is 0 Å². The van der Waals surface area contributed by atoms with Gasteiger partial charge in [-0.1, -0.05) is 133 Å². The molecule has 0 atom stereocenters. The Labute approximate surface area is 327 Å². The van der Waals surface area contributed by atoms with Crippen LogP contribution >= 0.6 is 22.7 Å². The highest BCUT2D eigenvalue weighted by molar-refractivity contribution is 7.26. The second-order valence-corrected chi connectivity index (χ2v) is 16.3. The molecule has 55 heavy (non-hydrogen) atoms. The summed E-state index contributed by atoms with van der Waals surface area (Å²) in [5, 5.41) is 7.80. The topological polar surface area (TPSA) is 3.24 Å². The van der Waals surface area contributed by atoms with Crippen molar-refractivity contribution >= 4 is 90.9 Å². The minimum Gasteiger partial charge on any atom is -0.310 e. The lowest BCUT2D eigenvalue weighted by atomic mass is 9.98. The largest absolute Gasteiger partial charge is 0.310 e. The van der Waals surface area contributed by atoms with Crippen LogP contribution in [0.25, 0.3) is 84.5 Å². The SMILES string of the molecule is c1cc(-c2cccc3sc4ccccc4c23)cc(N(c2ccc(-c3ccc4ccccc4c3)cc2)c2ccc(-c3cccc4sc5ccccc5c34)cc2)c1. The average Bonchev–Trinajstić information content (AvgIpc) is 3.83. The Morgan fingerprint density at radius 1 is 0.291 bits per heavy atom. The molecule has 2 aromatic heterocycles. The van der Waals surface area contributed by atoms with Crippen LogP contribution < -0.4 is 4.90 Å². The van der Waals surface area contributed by atoms with Gasteiger partial charge < -0.3 is 4.90 Å². The Morgan fingerprint density at radius 2 is 0.800 bits per heavy atom. The highest BCUT2D eigenvalue weighted by atomic mass is 32.1. The quantitative estimate of drug-likeness (QED) is 0.164. The number of thiophene rings is 2. The third-order valence-electron chi connectivity index (χ3n) is 10.9. The van der Waals surface area contributed by atoms with Crippen LogP contribution in [0, 0.1) is 0 Å². The van der Waals surface area contributed by atoms with Crippen LogP contribution in [0.1, 0.15) is 0 Å². The van der Waals surface area contributed by atoms with Gasteiger partial charge >= 0.3 is 0 Å². The van der Waals surface area contributed by atoms with Crippen LogP contribution in [0.2, 0.25) is 0 Å². The maximum absolute atomic E-state index is 2.39. The third kappa shape index (κ3) is 5.51. The second kappa shape index (κ2) is 13.1. The van der Waals surface area contributed by atoms with Gasteiger partial charge in [0, 0.05) is 57.4 Å². The number of benzene rings is 9. The van der Waals surface area contributed by atoms with Crippen LogP contribution in [0.3, 0.4) is 0 Å². The number of rotatable bonds is 6. The first-order chi connectivity index (χ1) is 27.2. The molecule has 258 valence electrons. The van der Waals surface area contributed by atoms with Gasteiger partial charge in [0.15, 0.2) is 0 Å². The molecule has 0 radical (unpaired) electrons. The monoisotopic (exact) mass is 735 g/mol. The first-order valence-electron chi connectivity index (χ1n) is 18.7. The zero-order valence-electron chi connectivity index (χ0n) is 29.8. The minimum atomic E-state index is 1.11. The summed E-state index contributed by atoms with van der Waals surface area (Å²) in [6.45, 7) is 0. The van der Waals surface area contributed by atoms with Gasteiger partial charge in [-0.2, -0.15) is 0 Å². The Bertz CT molecular complexity index is 3200. The molecule has 1 nitrogen and oxygen atoms in total. The molecule has 0 aliphatic heterocycles. The highest BCUT2D eigenvalue weighted by Gasteiger charge is 2.17. The van der Waals surface area contributed by atoms with Crippen LogP contribution in [-0.2, 0) is 0 Å². The predicted molar refractivity (Wildman–Crippen MR) is 241 cm³/mol. The fourth-order valence-electron chi connectivity index (χ4n) is 8.25. The van der Waals surface area contributed by atoms with Gasteiger partial charge in [-0.3, -0.25) is 0 Å². The van der Waals surface area contributed by atoms with E-state index in [1.807, 2.05) is 22.7 Å². The van der Waals surface area contributed by atoms with E-state index >= 15 is 0 Å². The van der Waals surface area contributed by atoms with E-state index in [0.29, 0.717) is 0 Å². The minimum absolute atomic E-state index is 1.11. The molecule has 0 N–H and O–H groups in total. The zero-order chi connectivity index (χ0) is 36.3. The van der Waals surface area contributed by atoms with E-state index in [2.05, 4.69) is 205 Å². The summed E-state index contributed by atoms with van der Waals surface area (Å²) in [4.78, 5) is 2.39. The van der Waals surface area contributed by atoms with Crippen LogP contribution in [0.5, 0.6) is 0 Å². The lowest BCUT2D eigenvalue weighted by Crippen LogP contribution is -2.10. The Morgan fingerprint density at radius 3 is 1.45 bits per heavy atom. The highest BCUT2D eigenvalue weighted by Crippen LogP contribution is 2.44. The molecule has 0 aliphatic carbocycles. The lowest BCUT2D eigenvalue weighted by molar-refractivity contribution is 1.28. The molecule has 0 saturated carbocycles. The van der Waals surface area contributed by atoms with Gasteiger partial charge in [0.1, 0.15) is 0 Å². The van der Waals surface area contributed by atoms with Gasteiger partial charge in [-0.05, 0) is 111 Å². The molecule has 9 aromatic carbocycles. The smallest absolute Gasteiger partial charge is 0.0467 e. The number of nitrogens with zero attached hydrogens (tertiary/aromatic N) is 1. The molecule has 3 heteroatoms. The summed E-state index contributed by atoms with van der Waals surface area (Å²) < 4.78 is 5.28. The summed E-state index contributed by atoms with van der Waals surface area (Å²) in [5.41, 5.74) is 10.7. The lowest BCUT2D eigenvalue weighted by Gasteiger charge is -2.26. The number of hydrogen-bond donors (Lipinski definition) is 0.